The molecule has 2 rings (SSSR count). The molecule has 0 saturated carbocycles. The van der Waals surface area contributed by atoms with E-state index in [0.717, 1.165) is 12.8 Å². The van der Waals surface area contributed by atoms with E-state index in [1.165, 1.54) is 6.07 Å². The van der Waals surface area contributed by atoms with Crippen LogP contribution in [0.2, 0.25) is 0 Å². The lowest BCUT2D eigenvalue weighted by Crippen LogP contribution is -2.49. The van der Waals surface area contributed by atoms with Gasteiger partial charge in [0.15, 0.2) is 0 Å². The van der Waals surface area contributed by atoms with Gasteiger partial charge in [-0.05, 0) is 25.8 Å². The highest BCUT2D eigenvalue weighted by Crippen LogP contribution is 2.26. The average Bonchev–Trinajstić information content (AvgIpc) is 2.32. The number of nitrogens with zero attached hydrogens (tertiary/aromatic N) is 1. The molecule has 3 nitrogen and oxygen atoms in total. The van der Waals surface area contributed by atoms with Crippen molar-refractivity contribution in [3.05, 3.63) is 35.6 Å². The van der Waals surface area contributed by atoms with Gasteiger partial charge in [0.1, 0.15) is 5.82 Å². The highest BCUT2D eigenvalue weighted by Gasteiger charge is 2.30. The summed E-state index contributed by atoms with van der Waals surface area (Å²) >= 11 is 0. The van der Waals surface area contributed by atoms with Crippen LogP contribution in [-0.2, 0) is 4.79 Å². The molecule has 0 aliphatic carbocycles. The molecule has 1 heterocycles. The van der Waals surface area contributed by atoms with Crippen molar-refractivity contribution in [3.8, 4) is 0 Å². The van der Waals surface area contributed by atoms with E-state index in [9.17, 15) is 9.18 Å². The number of likely N-dealkylation sites (tertiary alicyclic amines) is 1. The molecule has 2 atom stereocenters. The number of halogens is 1. The van der Waals surface area contributed by atoms with Crippen LogP contribution in [0, 0.1) is 5.82 Å². The Hall–Kier alpha value is -1.42. The monoisotopic (exact) mass is 236 g/mol. The van der Waals surface area contributed by atoms with Crippen molar-refractivity contribution in [2.24, 2.45) is 5.73 Å². The van der Waals surface area contributed by atoms with Crippen molar-refractivity contribution in [1.29, 1.82) is 0 Å². The first kappa shape index (κ1) is 12.0. The first-order chi connectivity index (χ1) is 8.11. The molecule has 1 saturated heterocycles. The zero-order valence-electron chi connectivity index (χ0n) is 9.90. The summed E-state index contributed by atoms with van der Waals surface area (Å²) in [6, 6.07) is 5.87. The largest absolute Gasteiger partial charge is 0.334 e. The minimum absolute atomic E-state index is 0.0768. The third kappa shape index (κ3) is 2.31. The second kappa shape index (κ2) is 4.84. The van der Waals surface area contributed by atoms with E-state index in [2.05, 4.69) is 0 Å². The topological polar surface area (TPSA) is 46.3 Å². The van der Waals surface area contributed by atoms with Crippen molar-refractivity contribution in [2.75, 3.05) is 6.54 Å². The van der Waals surface area contributed by atoms with Crippen molar-refractivity contribution in [1.82, 2.24) is 4.90 Å². The van der Waals surface area contributed by atoms with Crippen LogP contribution < -0.4 is 5.73 Å². The van der Waals surface area contributed by atoms with Gasteiger partial charge in [-0.15, -0.1) is 0 Å². The lowest BCUT2D eigenvalue weighted by molar-refractivity contribution is -0.137. The average molecular weight is 236 g/mol. The van der Waals surface area contributed by atoms with Crippen molar-refractivity contribution < 1.29 is 9.18 Å². The van der Waals surface area contributed by atoms with Gasteiger partial charge in [0.2, 0.25) is 5.91 Å². The number of amides is 1. The number of rotatable bonds is 2. The Balaban J connectivity index is 2.22. The van der Waals surface area contributed by atoms with Gasteiger partial charge in [0.25, 0.3) is 0 Å². The van der Waals surface area contributed by atoms with Gasteiger partial charge in [0, 0.05) is 12.1 Å². The Morgan fingerprint density at radius 1 is 1.47 bits per heavy atom. The van der Waals surface area contributed by atoms with E-state index in [0.29, 0.717) is 12.1 Å². The fourth-order valence-electron chi connectivity index (χ4n) is 2.29. The SMILES string of the molecule is CC(c1ccccc1F)N1CCCC(N)C1=O. The Labute approximate surface area is 100 Å². The van der Waals surface area contributed by atoms with Crippen LogP contribution in [0.25, 0.3) is 0 Å². The van der Waals surface area contributed by atoms with Crippen molar-refractivity contribution in [3.63, 3.8) is 0 Å². The normalized spacial score (nSPS) is 22.6. The van der Waals surface area contributed by atoms with Gasteiger partial charge in [-0.25, -0.2) is 4.39 Å². The van der Waals surface area contributed by atoms with Crippen LogP contribution in [0.1, 0.15) is 31.4 Å². The Morgan fingerprint density at radius 2 is 2.18 bits per heavy atom. The van der Waals surface area contributed by atoms with Crippen LogP contribution in [-0.4, -0.2) is 23.4 Å². The molecular weight excluding hydrogens is 219 g/mol. The van der Waals surface area contributed by atoms with Crippen LogP contribution in [0.15, 0.2) is 24.3 Å². The van der Waals surface area contributed by atoms with Crippen molar-refractivity contribution >= 4 is 5.91 Å². The first-order valence-corrected chi connectivity index (χ1v) is 5.91. The zero-order chi connectivity index (χ0) is 12.4. The summed E-state index contributed by atoms with van der Waals surface area (Å²) in [6.45, 7) is 2.50. The number of benzene rings is 1. The minimum Gasteiger partial charge on any atom is -0.334 e. The van der Waals surface area contributed by atoms with Crippen molar-refractivity contribution in [2.45, 2.75) is 31.8 Å². The number of carbonyl (C=O) groups excluding carboxylic acids is 1. The smallest absolute Gasteiger partial charge is 0.239 e. The Morgan fingerprint density at radius 3 is 2.88 bits per heavy atom. The van der Waals surface area contributed by atoms with Crippen LogP contribution >= 0.6 is 0 Å². The van der Waals surface area contributed by atoms with E-state index < -0.39 is 6.04 Å². The van der Waals surface area contributed by atoms with E-state index in [1.54, 1.807) is 23.1 Å². The molecule has 0 aromatic heterocycles. The van der Waals surface area contributed by atoms with Crippen LogP contribution in [0.5, 0.6) is 0 Å². The summed E-state index contributed by atoms with van der Waals surface area (Å²) < 4.78 is 13.7. The Bertz CT molecular complexity index is 422. The van der Waals surface area contributed by atoms with Gasteiger partial charge < -0.3 is 10.6 Å². The standard InChI is InChI=1S/C13H17FN2O/c1-9(10-5-2-3-6-11(10)14)16-8-4-7-12(15)13(16)17/h2-3,5-6,9,12H,4,7-8,15H2,1H3. The molecule has 17 heavy (non-hydrogen) atoms. The molecule has 1 aliphatic heterocycles. The first-order valence-electron chi connectivity index (χ1n) is 5.91. The molecule has 1 aliphatic rings. The molecule has 0 radical (unpaired) electrons. The molecule has 2 N–H and O–H groups in total. The summed E-state index contributed by atoms with van der Waals surface area (Å²) in [7, 11) is 0. The second-order valence-electron chi connectivity index (χ2n) is 4.48. The van der Waals surface area contributed by atoms with Gasteiger partial charge in [-0.3, -0.25) is 4.79 Å². The van der Waals surface area contributed by atoms with E-state index >= 15 is 0 Å². The highest BCUT2D eigenvalue weighted by atomic mass is 19.1. The maximum Gasteiger partial charge on any atom is 0.239 e. The predicted molar refractivity (Wildman–Crippen MR) is 63.7 cm³/mol. The molecule has 1 aromatic rings. The van der Waals surface area contributed by atoms with Gasteiger partial charge in [0.05, 0.1) is 12.1 Å². The molecule has 4 heteroatoms. The predicted octanol–water partition coefficient (Wildman–Crippen LogP) is 1.84. The summed E-state index contributed by atoms with van der Waals surface area (Å²) in [5, 5.41) is 0. The highest BCUT2D eigenvalue weighted by molar-refractivity contribution is 5.82. The molecule has 92 valence electrons. The second-order valence-corrected chi connectivity index (χ2v) is 4.48. The number of hydrogen-bond donors (Lipinski definition) is 1. The van der Waals surface area contributed by atoms with Crippen LogP contribution in [0.3, 0.4) is 0 Å². The van der Waals surface area contributed by atoms with E-state index in [1.807, 2.05) is 6.92 Å². The maximum absolute atomic E-state index is 13.7. The summed E-state index contributed by atoms with van der Waals surface area (Å²) in [5.41, 5.74) is 6.29. The Kier molecular flexibility index (Phi) is 3.43. The van der Waals surface area contributed by atoms with Crippen LogP contribution in [0.4, 0.5) is 4.39 Å². The fraction of sp³-hybridized carbons (Fsp3) is 0.462. The number of carbonyl (C=O) groups is 1. The molecule has 0 bridgehead atoms. The van der Waals surface area contributed by atoms with Gasteiger partial charge in [-0.2, -0.15) is 0 Å². The lowest BCUT2D eigenvalue weighted by Gasteiger charge is -2.35. The number of piperidine rings is 1. The number of nitrogens with two attached hydrogens (primary N) is 1. The molecule has 1 fully saturated rings. The molecular formula is C13H17FN2O. The molecule has 2 unspecified atom stereocenters. The third-order valence-electron chi connectivity index (χ3n) is 3.34. The quantitative estimate of drug-likeness (QED) is 0.851. The van der Waals surface area contributed by atoms with E-state index in [-0.39, 0.29) is 17.8 Å². The van der Waals surface area contributed by atoms with Gasteiger partial charge >= 0.3 is 0 Å². The maximum atomic E-state index is 13.7. The zero-order valence-corrected chi connectivity index (χ0v) is 9.90. The fourth-order valence-corrected chi connectivity index (χ4v) is 2.29. The minimum atomic E-state index is -0.432. The summed E-state index contributed by atoms with van der Waals surface area (Å²) in [4.78, 5) is 13.6. The number of hydrogen-bond acceptors (Lipinski definition) is 2. The molecule has 1 amide bonds. The summed E-state index contributed by atoms with van der Waals surface area (Å²) in [5.74, 6) is -0.348. The molecule has 1 aromatic carbocycles. The third-order valence-corrected chi connectivity index (χ3v) is 3.34. The van der Waals surface area contributed by atoms with E-state index in [4.69, 9.17) is 5.73 Å². The lowest BCUT2D eigenvalue weighted by atomic mass is 10.00. The van der Waals surface area contributed by atoms with Gasteiger partial charge in [-0.1, -0.05) is 18.2 Å². The molecule has 0 spiro atoms. The summed E-state index contributed by atoms with van der Waals surface area (Å²) in [6.07, 6.45) is 1.60.